The molecule has 3 aromatic rings. The Morgan fingerprint density at radius 3 is 2.85 bits per heavy atom. The third kappa shape index (κ3) is 2.86. The molecule has 1 fully saturated rings. The molecule has 130 valence electrons. The van der Waals surface area contributed by atoms with Crippen LogP contribution in [-0.4, -0.2) is 23.7 Å². The number of carbonyl (C=O) groups excluding carboxylic acids is 1. The molecule has 0 radical (unpaired) electrons. The maximum atomic E-state index is 12.6. The fraction of sp³-hybridized carbons (Fsp3) is 0.0556. The normalized spacial score (nSPS) is 15.6. The van der Waals surface area contributed by atoms with Crippen LogP contribution in [0.25, 0.3) is 10.2 Å². The van der Waals surface area contributed by atoms with Gasteiger partial charge in [-0.2, -0.15) is 5.10 Å². The molecule has 26 heavy (non-hydrogen) atoms. The average Bonchev–Trinajstić information content (AvgIpc) is 3.20. The summed E-state index contributed by atoms with van der Waals surface area (Å²) in [7, 11) is 1.62. The minimum absolute atomic E-state index is 0.214. The van der Waals surface area contributed by atoms with Crippen molar-refractivity contribution in [1.82, 2.24) is 10.4 Å². The Hall–Kier alpha value is -3.39. The number of hydrazine groups is 1. The highest BCUT2D eigenvalue weighted by molar-refractivity contribution is 7.22. The predicted molar refractivity (Wildman–Crippen MR) is 103 cm³/mol. The Balaban J connectivity index is 1.56. The van der Waals surface area contributed by atoms with E-state index in [4.69, 9.17) is 4.74 Å². The smallest absolute Gasteiger partial charge is 0.299 e. The van der Waals surface area contributed by atoms with E-state index in [0.29, 0.717) is 10.8 Å². The van der Waals surface area contributed by atoms with E-state index >= 15 is 0 Å². The van der Waals surface area contributed by atoms with Crippen LogP contribution >= 0.6 is 11.3 Å². The second-order valence-corrected chi connectivity index (χ2v) is 6.52. The molecular formula is C18H15N5O2S. The monoisotopic (exact) mass is 365 g/mol. The van der Waals surface area contributed by atoms with Gasteiger partial charge in [0, 0.05) is 0 Å². The van der Waals surface area contributed by atoms with E-state index < -0.39 is 0 Å². The highest BCUT2D eigenvalue weighted by Gasteiger charge is 2.32. The molecule has 2 N–H and O–H groups in total. The van der Waals surface area contributed by atoms with Gasteiger partial charge in [0.15, 0.2) is 5.71 Å². The van der Waals surface area contributed by atoms with Gasteiger partial charge in [-0.1, -0.05) is 36.1 Å². The van der Waals surface area contributed by atoms with Gasteiger partial charge in [0.25, 0.3) is 5.91 Å². The molecule has 1 aliphatic rings. The summed E-state index contributed by atoms with van der Waals surface area (Å²) in [5.74, 6) is 0.484. The molecule has 2 aromatic carbocycles. The highest BCUT2D eigenvalue weighted by atomic mass is 32.1. The Morgan fingerprint density at radius 1 is 1.27 bits per heavy atom. The van der Waals surface area contributed by atoms with Gasteiger partial charge in [-0.3, -0.25) is 15.6 Å². The van der Waals surface area contributed by atoms with Crippen LogP contribution in [0.3, 0.4) is 0 Å². The number of benzene rings is 2. The Morgan fingerprint density at radius 2 is 2.08 bits per heavy atom. The number of para-hydroxylation sites is 1. The first-order chi connectivity index (χ1) is 12.7. The van der Waals surface area contributed by atoms with Gasteiger partial charge >= 0.3 is 0 Å². The zero-order valence-electron chi connectivity index (χ0n) is 13.9. The first kappa shape index (κ1) is 16.1. The van der Waals surface area contributed by atoms with Gasteiger partial charge in [-0.25, -0.2) is 9.99 Å². The summed E-state index contributed by atoms with van der Waals surface area (Å²) >= 11 is 1.43. The molecule has 7 nitrogen and oxygen atoms in total. The number of nitrogens with one attached hydrogen (secondary N) is 2. The van der Waals surface area contributed by atoms with E-state index in [1.54, 1.807) is 7.11 Å². The minimum Gasteiger partial charge on any atom is -0.497 e. The van der Waals surface area contributed by atoms with E-state index in [-0.39, 0.29) is 11.6 Å². The van der Waals surface area contributed by atoms with Crippen molar-refractivity contribution in [2.75, 3.05) is 17.5 Å². The van der Waals surface area contributed by atoms with E-state index in [0.717, 1.165) is 21.7 Å². The maximum Gasteiger partial charge on any atom is 0.299 e. The predicted octanol–water partition coefficient (Wildman–Crippen LogP) is 3.14. The molecule has 1 saturated heterocycles. The number of ether oxygens (including phenoxy) is 1. The fourth-order valence-corrected chi connectivity index (χ4v) is 3.37. The summed E-state index contributed by atoms with van der Waals surface area (Å²) < 4.78 is 6.18. The van der Waals surface area contributed by atoms with E-state index in [9.17, 15) is 4.79 Å². The summed E-state index contributed by atoms with van der Waals surface area (Å²) in [5.41, 5.74) is 7.98. The topological polar surface area (TPSA) is 78.9 Å². The van der Waals surface area contributed by atoms with Crippen LogP contribution in [0.5, 0.6) is 5.75 Å². The highest BCUT2D eigenvalue weighted by Crippen LogP contribution is 2.29. The van der Waals surface area contributed by atoms with Gasteiger partial charge in [-0.05, 0) is 30.3 Å². The Kier molecular flexibility index (Phi) is 4.02. The quantitative estimate of drug-likeness (QED) is 0.695. The van der Waals surface area contributed by atoms with E-state index in [1.165, 1.54) is 16.3 Å². The van der Waals surface area contributed by atoms with Crippen LogP contribution in [-0.2, 0) is 4.79 Å². The maximum absolute atomic E-state index is 12.6. The number of thiazole rings is 1. The summed E-state index contributed by atoms with van der Waals surface area (Å²) in [4.78, 5) is 17.0. The number of hydrazone groups is 1. The number of hydrogen-bond donors (Lipinski definition) is 2. The lowest BCUT2D eigenvalue weighted by Crippen LogP contribution is -2.34. The molecule has 0 saturated carbocycles. The van der Waals surface area contributed by atoms with Crippen molar-refractivity contribution in [2.24, 2.45) is 5.10 Å². The van der Waals surface area contributed by atoms with Crippen LogP contribution < -0.4 is 20.6 Å². The van der Waals surface area contributed by atoms with Gasteiger partial charge < -0.3 is 4.74 Å². The van der Waals surface area contributed by atoms with Gasteiger partial charge in [0.05, 0.1) is 28.7 Å². The summed E-state index contributed by atoms with van der Waals surface area (Å²) in [6.07, 6.45) is 0. The zero-order valence-corrected chi connectivity index (χ0v) is 14.7. The summed E-state index contributed by atoms with van der Waals surface area (Å²) in [6, 6.07) is 14.9. The van der Waals surface area contributed by atoms with Crippen molar-refractivity contribution in [1.29, 1.82) is 0 Å². The third-order valence-corrected chi connectivity index (χ3v) is 4.73. The lowest BCUT2D eigenvalue weighted by molar-refractivity contribution is -0.112. The lowest BCUT2D eigenvalue weighted by atomic mass is 10.3. The van der Waals surface area contributed by atoms with Crippen molar-refractivity contribution in [3.63, 3.8) is 0 Å². The van der Waals surface area contributed by atoms with Crippen LogP contribution in [0.2, 0.25) is 0 Å². The number of anilines is 2. The number of aromatic nitrogens is 1. The number of carbonyl (C=O) groups is 1. The molecule has 0 bridgehead atoms. The lowest BCUT2D eigenvalue weighted by Gasteiger charge is -2.14. The molecule has 0 aliphatic carbocycles. The first-order valence-corrected chi connectivity index (χ1v) is 8.61. The first-order valence-electron chi connectivity index (χ1n) is 7.79. The van der Waals surface area contributed by atoms with Gasteiger partial charge in [0.1, 0.15) is 5.75 Å². The van der Waals surface area contributed by atoms with Crippen molar-refractivity contribution >= 4 is 44.0 Å². The number of methoxy groups -OCH3 is 1. The number of fused-ring (bicyclic) bond motifs is 1. The van der Waals surface area contributed by atoms with Crippen LogP contribution in [0.4, 0.5) is 10.8 Å². The average molecular weight is 365 g/mol. The van der Waals surface area contributed by atoms with Crippen molar-refractivity contribution in [2.45, 2.75) is 0 Å². The Bertz CT molecular complexity index is 1030. The molecule has 1 aliphatic heterocycles. The second kappa shape index (κ2) is 6.49. The molecule has 1 aromatic heterocycles. The number of rotatable bonds is 4. The fourth-order valence-electron chi connectivity index (χ4n) is 2.53. The number of hydrogen-bond acceptors (Lipinski definition) is 7. The molecule has 0 unspecified atom stereocenters. The SMILES string of the molecule is C=C1NN(c2ccccc2)C(=O)/C1=N/Nc1nc2ccc(OC)cc2s1. The minimum atomic E-state index is -0.281. The van der Waals surface area contributed by atoms with Crippen LogP contribution in [0.1, 0.15) is 0 Å². The molecule has 0 atom stereocenters. The molecule has 4 rings (SSSR count). The van der Waals surface area contributed by atoms with E-state index in [2.05, 4.69) is 27.5 Å². The van der Waals surface area contributed by atoms with Crippen molar-refractivity contribution in [3.8, 4) is 5.75 Å². The molecule has 2 heterocycles. The van der Waals surface area contributed by atoms with E-state index in [1.807, 2.05) is 48.5 Å². The largest absolute Gasteiger partial charge is 0.497 e. The number of nitrogens with zero attached hydrogens (tertiary/aromatic N) is 3. The second-order valence-electron chi connectivity index (χ2n) is 5.49. The zero-order chi connectivity index (χ0) is 18.1. The Labute approximate surface area is 153 Å². The molecular weight excluding hydrogens is 350 g/mol. The van der Waals surface area contributed by atoms with Crippen LogP contribution in [0.15, 0.2) is 65.9 Å². The number of amides is 1. The summed E-state index contributed by atoms with van der Waals surface area (Å²) in [6.45, 7) is 3.86. The van der Waals surface area contributed by atoms with Crippen molar-refractivity contribution in [3.05, 3.63) is 60.8 Å². The van der Waals surface area contributed by atoms with Gasteiger partial charge in [-0.15, -0.1) is 0 Å². The van der Waals surface area contributed by atoms with Crippen molar-refractivity contribution < 1.29 is 9.53 Å². The summed E-state index contributed by atoms with van der Waals surface area (Å²) in [5, 5.41) is 6.19. The van der Waals surface area contributed by atoms with Gasteiger partial charge in [0.2, 0.25) is 5.13 Å². The third-order valence-electron chi connectivity index (χ3n) is 3.81. The standard InChI is InChI=1S/C18H15N5O2S/c1-11-16(17(24)23(22-11)12-6-4-3-5-7-12)20-21-18-19-14-9-8-13(25-2)10-15(14)26-18/h3-10,22H,1H2,2H3,(H,19,21)/b20-16+. The molecule has 1 amide bonds. The van der Waals surface area contributed by atoms with Crippen LogP contribution in [0, 0.1) is 0 Å². The molecule has 0 spiro atoms. The molecule has 8 heteroatoms.